The molecule has 1 amide bonds. The monoisotopic (exact) mass is 312 g/mol. The Bertz CT molecular complexity index is 651. The van der Waals surface area contributed by atoms with Gasteiger partial charge < -0.3 is 15.8 Å². The first-order valence-corrected chi connectivity index (χ1v) is 7.93. The minimum atomic E-state index is -0.0914. The summed E-state index contributed by atoms with van der Waals surface area (Å²) in [5, 5.41) is 2.84. The summed E-state index contributed by atoms with van der Waals surface area (Å²) in [6.45, 7) is 2.18. The van der Waals surface area contributed by atoms with Gasteiger partial charge in [0.1, 0.15) is 5.75 Å². The Kier molecular flexibility index (Phi) is 6.03. The molecule has 0 aliphatic carbocycles. The number of methoxy groups -OCH3 is 1. The number of unbranched alkanes of at least 4 members (excludes halogenated alkanes) is 1. The smallest absolute Gasteiger partial charge is 0.228 e. The Morgan fingerprint density at radius 2 is 1.83 bits per heavy atom. The van der Waals surface area contributed by atoms with Gasteiger partial charge in [-0.1, -0.05) is 37.6 Å². The SMILES string of the molecule is CCCCc1ccc(CC(=O)Nc2cc(OC)ccc2N)cc1. The molecule has 0 unspecified atom stereocenters. The third kappa shape index (κ3) is 5.02. The Balaban J connectivity index is 1.96. The molecule has 0 bridgehead atoms. The van der Waals surface area contributed by atoms with Gasteiger partial charge in [-0.3, -0.25) is 4.79 Å². The first-order chi connectivity index (χ1) is 11.1. The molecule has 0 spiro atoms. The van der Waals surface area contributed by atoms with E-state index < -0.39 is 0 Å². The average molecular weight is 312 g/mol. The van der Waals surface area contributed by atoms with Crippen molar-refractivity contribution >= 4 is 17.3 Å². The van der Waals surface area contributed by atoms with Gasteiger partial charge in [-0.15, -0.1) is 0 Å². The number of rotatable bonds is 7. The number of carbonyl (C=O) groups is 1. The van der Waals surface area contributed by atoms with E-state index >= 15 is 0 Å². The van der Waals surface area contributed by atoms with E-state index in [2.05, 4.69) is 24.4 Å². The second kappa shape index (κ2) is 8.22. The van der Waals surface area contributed by atoms with E-state index in [0.29, 0.717) is 23.5 Å². The molecule has 122 valence electrons. The van der Waals surface area contributed by atoms with Crippen LogP contribution in [0.15, 0.2) is 42.5 Å². The van der Waals surface area contributed by atoms with Crippen molar-refractivity contribution in [3.63, 3.8) is 0 Å². The van der Waals surface area contributed by atoms with Crippen molar-refractivity contribution in [2.45, 2.75) is 32.6 Å². The number of nitrogen functional groups attached to an aromatic ring is 1. The van der Waals surface area contributed by atoms with Gasteiger partial charge in [-0.2, -0.15) is 0 Å². The Morgan fingerprint density at radius 1 is 1.13 bits per heavy atom. The van der Waals surface area contributed by atoms with Gasteiger partial charge >= 0.3 is 0 Å². The van der Waals surface area contributed by atoms with Crippen molar-refractivity contribution in [3.05, 3.63) is 53.6 Å². The number of nitrogens with one attached hydrogen (secondary N) is 1. The first kappa shape index (κ1) is 16.9. The van der Waals surface area contributed by atoms with Crippen LogP contribution in [0.2, 0.25) is 0 Å². The predicted molar refractivity (Wildman–Crippen MR) is 94.8 cm³/mol. The van der Waals surface area contributed by atoms with E-state index in [1.54, 1.807) is 25.3 Å². The molecule has 0 saturated carbocycles. The Hall–Kier alpha value is -2.49. The average Bonchev–Trinajstić information content (AvgIpc) is 2.56. The van der Waals surface area contributed by atoms with Crippen LogP contribution in [0, 0.1) is 0 Å². The van der Waals surface area contributed by atoms with Crippen molar-refractivity contribution in [2.75, 3.05) is 18.2 Å². The van der Waals surface area contributed by atoms with Crippen LogP contribution in [0.25, 0.3) is 0 Å². The fraction of sp³-hybridized carbons (Fsp3) is 0.316. The predicted octanol–water partition coefficient (Wildman–Crippen LogP) is 3.80. The minimum absolute atomic E-state index is 0.0914. The number of hydrogen-bond acceptors (Lipinski definition) is 3. The van der Waals surface area contributed by atoms with Crippen LogP contribution in [0.1, 0.15) is 30.9 Å². The minimum Gasteiger partial charge on any atom is -0.497 e. The third-order valence-electron chi connectivity index (χ3n) is 3.74. The molecule has 0 aliphatic heterocycles. The van der Waals surface area contributed by atoms with Crippen LogP contribution in [0.5, 0.6) is 5.75 Å². The normalized spacial score (nSPS) is 10.3. The number of ether oxygens (including phenoxy) is 1. The van der Waals surface area contributed by atoms with Crippen molar-refractivity contribution in [1.82, 2.24) is 0 Å². The fourth-order valence-corrected chi connectivity index (χ4v) is 2.36. The van der Waals surface area contributed by atoms with E-state index in [0.717, 1.165) is 12.0 Å². The highest BCUT2D eigenvalue weighted by Crippen LogP contribution is 2.24. The second-order valence-corrected chi connectivity index (χ2v) is 5.60. The second-order valence-electron chi connectivity index (χ2n) is 5.60. The van der Waals surface area contributed by atoms with Crippen LogP contribution in [0.4, 0.5) is 11.4 Å². The molecule has 4 heteroatoms. The highest BCUT2D eigenvalue weighted by Gasteiger charge is 2.08. The Morgan fingerprint density at radius 3 is 2.48 bits per heavy atom. The van der Waals surface area contributed by atoms with Gasteiger partial charge in [0, 0.05) is 6.07 Å². The zero-order chi connectivity index (χ0) is 16.7. The maximum atomic E-state index is 12.2. The molecule has 2 rings (SSSR count). The van der Waals surface area contributed by atoms with Crippen molar-refractivity contribution < 1.29 is 9.53 Å². The molecule has 23 heavy (non-hydrogen) atoms. The maximum absolute atomic E-state index is 12.2. The molecule has 0 radical (unpaired) electrons. The van der Waals surface area contributed by atoms with Crippen LogP contribution >= 0.6 is 0 Å². The van der Waals surface area contributed by atoms with E-state index in [1.807, 2.05) is 12.1 Å². The molecule has 0 fully saturated rings. The molecular formula is C19H24N2O2. The zero-order valence-corrected chi connectivity index (χ0v) is 13.8. The van der Waals surface area contributed by atoms with Gasteiger partial charge in [0.25, 0.3) is 0 Å². The van der Waals surface area contributed by atoms with Gasteiger partial charge in [-0.25, -0.2) is 0 Å². The van der Waals surface area contributed by atoms with Gasteiger partial charge in [0.2, 0.25) is 5.91 Å². The van der Waals surface area contributed by atoms with Crippen LogP contribution < -0.4 is 15.8 Å². The summed E-state index contributed by atoms with van der Waals surface area (Å²) in [6.07, 6.45) is 3.79. The van der Waals surface area contributed by atoms with E-state index in [1.165, 1.54) is 18.4 Å². The van der Waals surface area contributed by atoms with Crippen molar-refractivity contribution in [1.29, 1.82) is 0 Å². The maximum Gasteiger partial charge on any atom is 0.228 e. The fourth-order valence-electron chi connectivity index (χ4n) is 2.36. The molecule has 4 nitrogen and oxygen atoms in total. The van der Waals surface area contributed by atoms with Crippen LogP contribution in [-0.4, -0.2) is 13.0 Å². The summed E-state index contributed by atoms with van der Waals surface area (Å²) in [4.78, 5) is 12.2. The number of nitrogens with two attached hydrogens (primary N) is 1. The first-order valence-electron chi connectivity index (χ1n) is 7.93. The van der Waals surface area contributed by atoms with Crippen LogP contribution in [-0.2, 0) is 17.6 Å². The third-order valence-corrected chi connectivity index (χ3v) is 3.74. The topological polar surface area (TPSA) is 64.3 Å². The van der Waals surface area contributed by atoms with E-state index in [9.17, 15) is 4.79 Å². The summed E-state index contributed by atoms with van der Waals surface area (Å²) in [7, 11) is 1.58. The molecule has 2 aromatic carbocycles. The van der Waals surface area contributed by atoms with E-state index in [4.69, 9.17) is 10.5 Å². The molecule has 0 saturated heterocycles. The highest BCUT2D eigenvalue weighted by molar-refractivity contribution is 5.95. The molecular weight excluding hydrogens is 288 g/mol. The summed E-state index contributed by atoms with van der Waals surface area (Å²) in [5.74, 6) is 0.570. The Labute approximate surface area is 137 Å². The number of hydrogen-bond donors (Lipinski definition) is 2. The van der Waals surface area contributed by atoms with E-state index in [-0.39, 0.29) is 5.91 Å². The lowest BCUT2D eigenvalue weighted by atomic mass is 10.0. The largest absolute Gasteiger partial charge is 0.497 e. The number of amides is 1. The zero-order valence-electron chi connectivity index (χ0n) is 13.8. The number of benzene rings is 2. The molecule has 0 heterocycles. The highest BCUT2D eigenvalue weighted by atomic mass is 16.5. The standard InChI is InChI=1S/C19H24N2O2/c1-3-4-5-14-6-8-15(9-7-14)12-19(22)21-18-13-16(23-2)10-11-17(18)20/h6-11,13H,3-5,12,20H2,1-2H3,(H,21,22). The summed E-state index contributed by atoms with van der Waals surface area (Å²) in [6, 6.07) is 13.4. The molecule has 3 N–H and O–H groups in total. The molecule has 0 atom stereocenters. The lowest BCUT2D eigenvalue weighted by Gasteiger charge is -2.10. The summed E-state index contributed by atoms with van der Waals surface area (Å²) < 4.78 is 5.15. The molecule has 0 aromatic heterocycles. The van der Waals surface area contributed by atoms with Gasteiger partial charge in [-0.05, 0) is 36.1 Å². The van der Waals surface area contributed by atoms with Gasteiger partial charge in [0.15, 0.2) is 0 Å². The number of anilines is 2. The molecule has 2 aromatic rings. The lowest BCUT2D eigenvalue weighted by Crippen LogP contribution is -2.15. The summed E-state index contributed by atoms with van der Waals surface area (Å²) >= 11 is 0. The molecule has 0 aliphatic rings. The van der Waals surface area contributed by atoms with Gasteiger partial charge in [0.05, 0.1) is 24.9 Å². The van der Waals surface area contributed by atoms with Crippen LogP contribution in [0.3, 0.4) is 0 Å². The summed E-state index contributed by atoms with van der Waals surface area (Å²) in [5.41, 5.74) is 9.28. The van der Waals surface area contributed by atoms with Crippen molar-refractivity contribution in [3.8, 4) is 5.75 Å². The number of aryl methyl sites for hydroxylation is 1. The quantitative estimate of drug-likeness (QED) is 0.764. The lowest BCUT2D eigenvalue weighted by molar-refractivity contribution is -0.115. The number of carbonyl (C=O) groups excluding carboxylic acids is 1. The van der Waals surface area contributed by atoms with Crippen molar-refractivity contribution in [2.24, 2.45) is 0 Å².